The summed E-state index contributed by atoms with van der Waals surface area (Å²) in [5.41, 5.74) is 1.02. The van der Waals surface area contributed by atoms with Gasteiger partial charge in [0.05, 0.1) is 24.2 Å². The summed E-state index contributed by atoms with van der Waals surface area (Å²) in [7, 11) is -3.73. The van der Waals surface area contributed by atoms with E-state index in [2.05, 4.69) is 20.8 Å². The van der Waals surface area contributed by atoms with E-state index in [1.54, 1.807) is 24.3 Å². The zero-order valence-corrected chi connectivity index (χ0v) is 18.3. The molecule has 1 aliphatic heterocycles. The van der Waals surface area contributed by atoms with Crippen molar-refractivity contribution in [2.45, 2.75) is 76.6 Å². The van der Waals surface area contributed by atoms with Gasteiger partial charge in [0.1, 0.15) is 0 Å². The molecule has 1 aromatic carbocycles. The largest absolute Gasteiger partial charge is 0.349 e. The Bertz CT molecular complexity index is 743. The Balaban J connectivity index is 1.59. The molecule has 3 rings (SSSR count). The maximum absolute atomic E-state index is 12.4. The lowest BCUT2D eigenvalue weighted by Crippen LogP contribution is -2.54. The molecule has 1 heterocycles. The van der Waals surface area contributed by atoms with Gasteiger partial charge >= 0.3 is 0 Å². The van der Waals surface area contributed by atoms with Gasteiger partial charge in [-0.15, -0.1) is 0 Å². The van der Waals surface area contributed by atoms with E-state index < -0.39 is 15.9 Å². The normalized spacial score (nSPS) is 31.4. The predicted octanol–water partition coefficient (Wildman–Crippen LogP) is 4.68. The fourth-order valence-corrected chi connectivity index (χ4v) is 5.49. The third kappa shape index (κ3) is 4.96. The van der Waals surface area contributed by atoms with Crippen molar-refractivity contribution in [1.82, 2.24) is 0 Å². The fourth-order valence-electron chi connectivity index (χ4n) is 4.57. The van der Waals surface area contributed by atoms with Crippen molar-refractivity contribution in [3.8, 4) is 0 Å². The zero-order chi connectivity index (χ0) is 20.4. The van der Waals surface area contributed by atoms with E-state index in [0.29, 0.717) is 30.8 Å². The summed E-state index contributed by atoms with van der Waals surface area (Å²) in [5, 5.41) is 0. The van der Waals surface area contributed by atoms with Gasteiger partial charge in [-0.1, -0.05) is 44.9 Å². The maximum Gasteiger partial charge on any atom is 0.296 e. The quantitative estimate of drug-likeness (QED) is 0.637. The van der Waals surface area contributed by atoms with Gasteiger partial charge in [-0.25, -0.2) is 0 Å². The number of hydrogen-bond acceptors (Lipinski definition) is 5. The number of benzene rings is 1. The molecule has 28 heavy (non-hydrogen) atoms. The molecule has 1 aromatic rings. The second-order valence-electron chi connectivity index (χ2n) is 8.80. The van der Waals surface area contributed by atoms with Gasteiger partial charge in [0.25, 0.3) is 10.1 Å². The minimum atomic E-state index is -3.73. The Hall–Kier alpha value is -0.950. The average molecular weight is 411 g/mol. The first-order valence-electron chi connectivity index (χ1n) is 10.5. The number of rotatable bonds is 6. The Morgan fingerprint density at radius 1 is 1.18 bits per heavy atom. The topological polar surface area (TPSA) is 61.8 Å². The Kier molecular flexibility index (Phi) is 6.85. The summed E-state index contributed by atoms with van der Waals surface area (Å²) in [6.45, 7) is 9.42. The van der Waals surface area contributed by atoms with E-state index in [1.165, 1.54) is 6.42 Å². The van der Waals surface area contributed by atoms with Crippen LogP contribution in [0.3, 0.4) is 0 Å². The molecule has 1 saturated carbocycles. The first-order chi connectivity index (χ1) is 13.2. The van der Waals surface area contributed by atoms with Crippen LogP contribution < -0.4 is 0 Å². The number of hydrogen-bond donors (Lipinski definition) is 0. The lowest BCUT2D eigenvalue weighted by Gasteiger charge is -2.51. The van der Waals surface area contributed by atoms with E-state index in [9.17, 15) is 8.42 Å². The van der Waals surface area contributed by atoms with E-state index in [4.69, 9.17) is 13.7 Å². The molecule has 2 aliphatic rings. The Morgan fingerprint density at radius 2 is 1.89 bits per heavy atom. The van der Waals surface area contributed by atoms with Crippen LogP contribution in [0.1, 0.15) is 58.4 Å². The highest BCUT2D eigenvalue weighted by Crippen LogP contribution is 2.46. The van der Waals surface area contributed by atoms with Crippen LogP contribution in [0.4, 0.5) is 0 Å². The fraction of sp³-hybridized carbons (Fsp3) is 0.727. The second kappa shape index (κ2) is 8.82. The summed E-state index contributed by atoms with van der Waals surface area (Å²) >= 11 is 0. The van der Waals surface area contributed by atoms with Crippen LogP contribution in [0.2, 0.25) is 0 Å². The van der Waals surface area contributed by atoms with Crippen molar-refractivity contribution < 1.29 is 22.1 Å². The summed E-state index contributed by atoms with van der Waals surface area (Å²) < 4.78 is 42.8. The monoisotopic (exact) mass is 410 g/mol. The van der Waals surface area contributed by atoms with Crippen LogP contribution in [0.15, 0.2) is 29.2 Å². The van der Waals surface area contributed by atoms with E-state index in [-0.39, 0.29) is 17.6 Å². The first-order valence-corrected chi connectivity index (χ1v) is 11.9. The second-order valence-corrected chi connectivity index (χ2v) is 10.4. The molecular formula is C22H34O5S. The van der Waals surface area contributed by atoms with Gasteiger partial charge in [-0.3, -0.25) is 4.18 Å². The van der Waals surface area contributed by atoms with E-state index in [0.717, 1.165) is 24.8 Å². The molecule has 4 atom stereocenters. The molecule has 5 nitrogen and oxygen atoms in total. The smallest absolute Gasteiger partial charge is 0.296 e. The third-order valence-corrected chi connectivity index (χ3v) is 7.44. The van der Waals surface area contributed by atoms with Gasteiger partial charge in [0, 0.05) is 12.3 Å². The molecule has 0 amide bonds. The van der Waals surface area contributed by atoms with E-state index in [1.807, 2.05) is 6.92 Å². The van der Waals surface area contributed by atoms with Crippen molar-refractivity contribution in [3.63, 3.8) is 0 Å². The van der Waals surface area contributed by atoms with Crippen LogP contribution in [0.25, 0.3) is 0 Å². The Labute approximate surface area is 169 Å². The third-order valence-electron chi connectivity index (χ3n) is 6.11. The lowest BCUT2D eigenvalue weighted by atomic mass is 9.72. The van der Waals surface area contributed by atoms with E-state index >= 15 is 0 Å². The van der Waals surface area contributed by atoms with Crippen molar-refractivity contribution in [3.05, 3.63) is 29.8 Å². The van der Waals surface area contributed by atoms with Crippen LogP contribution in [0.5, 0.6) is 0 Å². The summed E-state index contributed by atoms with van der Waals surface area (Å²) in [6.07, 6.45) is 4.52. The van der Waals surface area contributed by atoms with Crippen LogP contribution >= 0.6 is 0 Å². The van der Waals surface area contributed by atoms with Gasteiger partial charge in [0.2, 0.25) is 0 Å². The first kappa shape index (κ1) is 21.8. The summed E-state index contributed by atoms with van der Waals surface area (Å²) in [4.78, 5) is 0.198. The molecule has 1 spiro atoms. The zero-order valence-electron chi connectivity index (χ0n) is 17.5. The highest BCUT2D eigenvalue weighted by molar-refractivity contribution is 7.86. The Morgan fingerprint density at radius 3 is 2.57 bits per heavy atom. The van der Waals surface area contributed by atoms with Gasteiger partial charge in [-0.05, 0) is 50.2 Å². The number of aryl methyl sites for hydroxylation is 1. The molecule has 2 fully saturated rings. The van der Waals surface area contributed by atoms with Gasteiger partial charge in [0.15, 0.2) is 5.79 Å². The molecule has 158 valence electrons. The molecule has 0 N–H and O–H groups in total. The highest BCUT2D eigenvalue weighted by atomic mass is 32.2. The highest BCUT2D eigenvalue weighted by Gasteiger charge is 2.49. The molecule has 6 heteroatoms. The van der Waals surface area contributed by atoms with Crippen LogP contribution in [0, 0.1) is 24.7 Å². The SMILES string of the molecule is Cc1ccc(S(=O)(=O)OCC[C@@H]2CCO[C@@]3(C[C@H](C)CC[C@H]3C(C)C)O2)cc1. The molecule has 0 radical (unpaired) electrons. The molecular weight excluding hydrogens is 376 g/mol. The molecule has 1 saturated heterocycles. The molecule has 0 aromatic heterocycles. The summed E-state index contributed by atoms with van der Waals surface area (Å²) in [5.74, 6) is 0.921. The standard InChI is InChI=1S/C22H34O5S/c1-16(2)21-10-7-18(4)15-22(21)25-13-11-19(27-22)12-14-26-28(23,24)20-8-5-17(3)6-9-20/h5-6,8-9,16,18-19,21H,7,10-15H2,1-4H3/t18-,19+,21+,22+/m1/s1. The average Bonchev–Trinajstić information content (AvgIpc) is 2.61. The number of ether oxygens (including phenoxy) is 2. The summed E-state index contributed by atoms with van der Waals surface area (Å²) in [6, 6.07) is 6.72. The lowest BCUT2D eigenvalue weighted by molar-refractivity contribution is -0.339. The maximum atomic E-state index is 12.4. The van der Waals surface area contributed by atoms with Crippen LogP contribution in [-0.4, -0.2) is 33.5 Å². The molecule has 0 unspecified atom stereocenters. The van der Waals surface area contributed by atoms with Crippen LogP contribution in [-0.2, 0) is 23.8 Å². The predicted molar refractivity (Wildman–Crippen MR) is 108 cm³/mol. The molecule has 0 bridgehead atoms. The minimum Gasteiger partial charge on any atom is -0.349 e. The van der Waals surface area contributed by atoms with Gasteiger partial charge in [-0.2, -0.15) is 8.42 Å². The van der Waals surface area contributed by atoms with Crippen molar-refractivity contribution in [1.29, 1.82) is 0 Å². The van der Waals surface area contributed by atoms with Gasteiger partial charge < -0.3 is 9.47 Å². The minimum absolute atomic E-state index is 0.0338. The van der Waals surface area contributed by atoms with Crippen molar-refractivity contribution in [2.24, 2.45) is 17.8 Å². The van der Waals surface area contributed by atoms with Crippen molar-refractivity contribution >= 4 is 10.1 Å². The molecule has 1 aliphatic carbocycles. The van der Waals surface area contributed by atoms with Crippen molar-refractivity contribution in [2.75, 3.05) is 13.2 Å².